The molecule has 0 spiro atoms. The average Bonchev–Trinajstić information content (AvgIpc) is 2.43. The van der Waals surface area contributed by atoms with Crippen LogP contribution in [0.3, 0.4) is 0 Å². The Morgan fingerprint density at radius 2 is 1.62 bits per heavy atom. The Morgan fingerprint density at radius 1 is 1.00 bits per heavy atom. The Morgan fingerprint density at radius 3 is 2.19 bits per heavy atom. The molecular weight excluding hydrogens is 256 g/mol. The molecule has 0 aliphatic carbocycles. The van der Waals surface area contributed by atoms with Crippen LogP contribution in [0.5, 0.6) is 0 Å². The van der Waals surface area contributed by atoms with Crippen molar-refractivity contribution in [3.8, 4) is 0 Å². The Balaban J connectivity index is 2.25. The van der Waals surface area contributed by atoms with Crippen LogP contribution in [0.2, 0.25) is 0 Å². The minimum absolute atomic E-state index is 0.256. The molecule has 0 saturated heterocycles. The summed E-state index contributed by atoms with van der Waals surface area (Å²) in [6.07, 6.45) is 0. The van der Waals surface area contributed by atoms with Gasteiger partial charge in [-0.2, -0.15) is 0 Å². The zero-order valence-corrected chi connectivity index (χ0v) is 13.6. The van der Waals surface area contributed by atoms with Crippen LogP contribution in [0.1, 0.15) is 33.9 Å². The Labute approximate surface area is 128 Å². The highest BCUT2D eigenvalue weighted by molar-refractivity contribution is 5.36. The van der Waals surface area contributed by atoms with E-state index in [1.807, 2.05) is 0 Å². The molecule has 0 amide bonds. The van der Waals surface area contributed by atoms with Gasteiger partial charge < -0.3 is 5.73 Å². The zero-order chi connectivity index (χ0) is 15.4. The molecule has 2 aromatic rings. The van der Waals surface area contributed by atoms with Gasteiger partial charge in [0.05, 0.1) is 0 Å². The van der Waals surface area contributed by atoms with Crippen LogP contribution in [0.25, 0.3) is 0 Å². The van der Waals surface area contributed by atoms with E-state index >= 15 is 0 Å². The predicted molar refractivity (Wildman–Crippen MR) is 90.4 cm³/mol. The molecule has 112 valence electrons. The van der Waals surface area contributed by atoms with Crippen LogP contribution in [-0.2, 0) is 6.54 Å². The monoisotopic (exact) mass is 282 g/mol. The topological polar surface area (TPSA) is 29.3 Å². The number of benzene rings is 2. The maximum Gasteiger partial charge on any atom is 0.0476 e. The second kappa shape index (κ2) is 6.88. The highest BCUT2D eigenvalue weighted by atomic mass is 15.1. The van der Waals surface area contributed by atoms with E-state index in [1.54, 1.807) is 0 Å². The maximum absolute atomic E-state index is 6.09. The van der Waals surface area contributed by atoms with Crippen molar-refractivity contribution < 1.29 is 0 Å². The first-order valence-electron chi connectivity index (χ1n) is 7.55. The van der Waals surface area contributed by atoms with Gasteiger partial charge in [0.1, 0.15) is 0 Å². The van der Waals surface area contributed by atoms with E-state index in [9.17, 15) is 0 Å². The molecule has 0 heterocycles. The SMILES string of the molecule is Cc1cccc(CN(C)C(CN)c2c(C)cccc2C)c1. The van der Waals surface area contributed by atoms with E-state index < -0.39 is 0 Å². The van der Waals surface area contributed by atoms with E-state index in [0.29, 0.717) is 6.54 Å². The molecule has 0 aliphatic rings. The first-order valence-corrected chi connectivity index (χ1v) is 7.55. The number of hydrogen-bond donors (Lipinski definition) is 1. The van der Waals surface area contributed by atoms with Crippen LogP contribution in [0, 0.1) is 20.8 Å². The van der Waals surface area contributed by atoms with Crippen LogP contribution in [0.15, 0.2) is 42.5 Å². The van der Waals surface area contributed by atoms with Gasteiger partial charge in [-0.25, -0.2) is 0 Å². The average molecular weight is 282 g/mol. The number of nitrogens with zero attached hydrogens (tertiary/aromatic N) is 1. The fraction of sp³-hybridized carbons (Fsp3) is 0.368. The molecule has 0 aliphatic heterocycles. The lowest BCUT2D eigenvalue weighted by Crippen LogP contribution is -2.31. The van der Waals surface area contributed by atoms with Gasteiger partial charge in [-0.15, -0.1) is 0 Å². The molecule has 1 atom stereocenters. The second-order valence-corrected chi connectivity index (χ2v) is 5.96. The molecule has 0 radical (unpaired) electrons. The quantitative estimate of drug-likeness (QED) is 0.905. The molecule has 2 N–H and O–H groups in total. The lowest BCUT2D eigenvalue weighted by molar-refractivity contribution is 0.240. The molecule has 0 saturated carbocycles. The number of likely N-dealkylation sites (N-methyl/N-ethyl adjacent to an activating group) is 1. The molecule has 2 heteroatoms. The van der Waals surface area contributed by atoms with Crippen LogP contribution in [-0.4, -0.2) is 18.5 Å². The molecule has 21 heavy (non-hydrogen) atoms. The molecule has 0 bridgehead atoms. The van der Waals surface area contributed by atoms with Gasteiger partial charge in [0, 0.05) is 19.1 Å². The minimum atomic E-state index is 0.256. The first-order chi connectivity index (χ1) is 10.0. The van der Waals surface area contributed by atoms with E-state index in [0.717, 1.165) is 6.54 Å². The highest BCUT2D eigenvalue weighted by Crippen LogP contribution is 2.26. The summed E-state index contributed by atoms with van der Waals surface area (Å²) in [4.78, 5) is 2.35. The van der Waals surface area contributed by atoms with E-state index in [4.69, 9.17) is 5.73 Å². The van der Waals surface area contributed by atoms with Crippen molar-refractivity contribution >= 4 is 0 Å². The van der Waals surface area contributed by atoms with Gasteiger partial charge >= 0.3 is 0 Å². The number of aryl methyl sites for hydroxylation is 3. The van der Waals surface area contributed by atoms with Crippen molar-refractivity contribution in [2.24, 2.45) is 5.73 Å². The Kier molecular flexibility index (Phi) is 5.16. The molecule has 0 aromatic heterocycles. The van der Waals surface area contributed by atoms with Gasteiger partial charge in [-0.1, -0.05) is 48.0 Å². The molecule has 0 fully saturated rings. The van der Waals surface area contributed by atoms with Gasteiger partial charge in [0.25, 0.3) is 0 Å². The third kappa shape index (κ3) is 3.72. The van der Waals surface area contributed by atoms with Gasteiger partial charge in [0.15, 0.2) is 0 Å². The summed E-state index contributed by atoms with van der Waals surface area (Å²) in [7, 11) is 2.16. The molecule has 2 rings (SSSR count). The zero-order valence-electron chi connectivity index (χ0n) is 13.6. The fourth-order valence-electron chi connectivity index (χ4n) is 3.08. The summed E-state index contributed by atoms with van der Waals surface area (Å²) in [6.45, 7) is 8.03. The summed E-state index contributed by atoms with van der Waals surface area (Å²) in [5, 5.41) is 0. The standard InChI is InChI=1S/C19H26N2/c1-14-7-5-10-17(11-14)13-21(4)18(12-20)19-15(2)8-6-9-16(19)3/h5-11,18H,12-13,20H2,1-4H3. The van der Waals surface area contributed by atoms with E-state index in [2.05, 4.69) is 75.2 Å². The van der Waals surface area contributed by atoms with E-state index in [-0.39, 0.29) is 6.04 Å². The first kappa shape index (κ1) is 15.7. The Bertz CT molecular complexity index is 584. The molecule has 2 aromatic carbocycles. The van der Waals surface area contributed by atoms with Crippen LogP contribution < -0.4 is 5.73 Å². The third-order valence-corrected chi connectivity index (χ3v) is 4.15. The smallest absolute Gasteiger partial charge is 0.0476 e. The van der Waals surface area contributed by atoms with Gasteiger partial charge in [-0.05, 0) is 50.1 Å². The van der Waals surface area contributed by atoms with Gasteiger partial charge in [-0.3, -0.25) is 4.90 Å². The molecule has 2 nitrogen and oxygen atoms in total. The van der Waals surface area contributed by atoms with Gasteiger partial charge in [0.2, 0.25) is 0 Å². The summed E-state index contributed by atoms with van der Waals surface area (Å²) < 4.78 is 0. The largest absolute Gasteiger partial charge is 0.329 e. The van der Waals surface area contributed by atoms with Crippen molar-refractivity contribution in [3.63, 3.8) is 0 Å². The third-order valence-electron chi connectivity index (χ3n) is 4.15. The van der Waals surface area contributed by atoms with Crippen LogP contribution in [0.4, 0.5) is 0 Å². The van der Waals surface area contributed by atoms with Crippen molar-refractivity contribution in [3.05, 3.63) is 70.3 Å². The maximum atomic E-state index is 6.09. The number of nitrogens with two attached hydrogens (primary N) is 1. The second-order valence-electron chi connectivity index (χ2n) is 5.96. The van der Waals surface area contributed by atoms with Crippen molar-refractivity contribution in [2.45, 2.75) is 33.4 Å². The molecular formula is C19H26N2. The fourth-order valence-corrected chi connectivity index (χ4v) is 3.08. The summed E-state index contributed by atoms with van der Waals surface area (Å²) in [5.41, 5.74) is 12.7. The minimum Gasteiger partial charge on any atom is -0.329 e. The number of rotatable bonds is 5. The van der Waals surface area contributed by atoms with Crippen molar-refractivity contribution in [1.29, 1.82) is 0 Å². The van der Waals surface area contributed by atoms with Crippen molar-refractivity contribution in [1.82, 2.24) is 4.90 Å². The lowest BCUT2D eigenvalue weighted by Gasteiger charge is -2.30. The molecule has 1 unspecified atom stereocenters. The van der Waals surface area contributed by atoms with Crippen LogP contribution >= 0.6 is 0 Å². The summed E-state index contributed by atoms with van der Waals surface area (Å²) in [6, 6.07) is 15.4. The normalized spacial score (nSPS) is 12.7. The lowest BCUT2D eigenvalue weighted by atomic mass is 9.95. The summed E-state index contributed by atoms with van der Waals surface area (Å²) in [5.74, 6) is 0. The highest BCUT2D eigenvalue weighted by Gasteiger charge is 2.19. The number of hydrogen-bond acceptors (Lipinski definition) is 2. The van der Waals surface area contributed by atoms with Crippen molar-refractivity contribution in [2.75, 3.05) is 13.6 Å². The summed E-state index contributed by atoms with van der Waals surface area (Å²) >= 11 is 0. The predicted octanol–water partition coefficient (Wildman–Crippen LogP) is 3.74. The Hall–Kier alpha value is -1.64. The van der Waals surface area contributed by atoms with E-state index in [1.165, 1.54) is 27.8 Å².